The van der Waals surface area contributed by atoms with E-state index in [2.05, 4.69) is 63.6 Å². The smallest absolute Gasteiger partial charge is 0.338 e. The van der Waals surface area contributed by atoms with E-state index in [-0.39, 0.29) is 47.1 Å². The van der Waals surface area contributed by atoms with Crippen molar-refractivity contribution in [3.63, 3.8) is 0 Å². The van der Waals surface area contributed by atoms with Gasteiger partial charge in [0.05, 0.1) is 31.0 Å². The van der Waals surface area contributed by atoms with E-state index in [1.165, 1.54) is 12.7 Å². The standard InChI is InChI=1S/C35H42N6O5/c1-23-15-26(39-14-13-32(2,19-39)24-7-5-4-6-8-24)18-41-28(23)37-27(38-41)29(42)36-25-16-33(17-25)20-40(21-33)30(43)34-9-11-35(12-10-34,46-22-34)31(44)45-3/h4-8,15,18,25H,9-14,16-17,19-22H2,1-3H3,(H,36,42)/t32-,34?,35?/m0/s1. The number of carbonyl (C=O) groups is 3. The average molecular weight is 627 g/mol. The zero-order valence-electron chi connectivity index (χ0n) is 26.9. The van der Waals surface area contributed by atoms with Crippen LogP contribution in [0.15, 0.2) is 42.6 Å². The minimum Gasteiger partial charge on any atom is -0.467 e. The predicted octanol–water partition coefficient (Wildman–Crippen LogP) is 3.43. The maximum absolute atomic E-state index is 13.5. The van der Waals surface area contributed by atoms with Gasteiger partial charge in [0, 0.05) is 43.1 Å². The third-order valence-corrected chi connectivity index (χ3v) is 11.8. The van der Waals surface area contributed by atoms with Crippen LogP contribution in [0.2, 0.25) is 0 Å². The van der Waals surface area contributed by atoms with Gasteiger partial charge >= 0.3 is 5.97 Å². The lowest BCUT2D eigenvalue weighted by atomic mass is 9.59. The van der Waals surface area contributed by atoms with Crippen LogP contribution in [0.3, 0.4) is 0 Å². The molecule has 0 unspecified atom stereocenters. The second-order valence-electron chi connectivity index (χ2n) is 15.0. The highest BCUT2D eigenvalue weighted by Gasteiger charge is 2.61. The van der Waals surface area contributed by atoms with Gasteiger partial charge in [-0.2, -0.15) is 0 Å². The monoisotopic (exact) mass is 626 g/mol. The van der Waals surface area contributed by atoms with Gasteiger partial charge < -0.3 is 24.6 Å². The zero-order chi connectivity index (χ0) is 31.9. The normalized spacial score (nSPS) is 29.9. The summed E-state index contributed by atoms with van der Waals surface area (Å²) in [6.07, 6.45) is 7.10. The molecule has 0 radical (unpaired) electrons. The molecule has 1 spiro atoms. The molecule has 1 aromatic carbocycles. The second-order valence-corrected chi connectivity index (χ2v) is 15.0. The lowest BCUT2D eigenvalue weighted by Gasteiger charge is -2.61. The molecule has 4 saturated heterocycles. The minimum absolute atomic E-state index is 0.0415. The summed E-state index contributed by atoms with van der Waals surface area (Å²) in [4.78, 5) is 47.9. The third kappa shape index (κ3) is 4.52. The van der Waals surface area contributed by atoms with Gasteiger partial charge in [0.1, 0.15) is 0 Å². The van der Waals surface area contributed by atoms with Crippen LogP contribution in [0.25, 0.3) is 5.65 Å². The molecule has 2 amide bonds. The van der Waals surface area contributed by atoms with Crippen LogP contribution in [0, 0.1) is 17.8 Å². The number of hydrogen-bond donors (Lipinski definition) is 1. The number of benzene rings is 1. The maximum Gasteiger partial charge on any atom is 0.338 e. The molecule has 6 heterocycles. The number of nitrogens with one attached hydrogen (secondary N) is 1. The van der Waals surface area contributed by atoms with Gasteiger partial charge in [-0.1, -0.05) is 37.3 Å². The van der Waals surface area contributed by atoms with Gasteiger partial charge in [-0.3, -0.25) is 9.59 Å². The highest BCUT2D eigenvalue weighted by atomic mass is 16.6. The number of carbonyl (C=O) groups excluding carboxylic acids is 3. The number of amides is 2. The van der Waals surface area contributed by atoms with Crippen LogP contribution in [0.1, 0.15) is 73.6 Å². The molecule has 2 aliphatic carbocycles. The van der Waals surface area contributed by atoms with Crippen molar-refractivity contribution in [2.75, 3.05) is 44.8 Å². The summed E-state index contributed by atoms with van der Waals surface area (Å²) in [5.74, 6) is -0.264. The van der Waals surface area contributed by atoms with Crippen molar-refractivity contribution < 1.29 is 23.9 Å². The molecule has 1 N–H and O–H groups in total. The van der Waals surface area contributed by atoms with E-state index in [1.54, 1.807) is 4.52 Å². The van der Waals surface area contributed by atoms with Crippen molar-refractivity contribution in [3.05, 3.63) is 59.5 Å². The molecule has 2 bridgehead atoms. The maximum atomic E-state index is 13.5. The Bertz CT molecular complexity index is 1700. The SMILES string of the molecule is COC(=O)C12CCC(C(=O)N3CC4(CC(NC(=O)c5nc6c(C)cc(N7CC[C@](C)(c8ccccc8)C7)cn6n5)C4)C3)(CC1)CO2. The molecule has 4 aliphatic heterocycles. The number of methoxy groups -OCH3 is 1. The van der Waals surface area contributed by atoms with E-state index in [0.717, 1.165) is 43.6 Å². The highest BCUT2D eigenvalue weighted by Crippen LogP contribution is 2.54. The van der Waals surface area contributed by atoms with E-state index in [1.807, 2.05) is 18.0 Å². The Kier molecular flexibility index (Phi) is 6.56. The molecule has 11 heteroatoms. The number of likely N-dealkylation sites (tertiary alicyclic amines) is 1. The quantitative estimate of drug-likeness (QED) is 0.414. The van der Waals surface area contributed by atoms with Crippen molar-refractivity contribution in [1.29, 1.82) is 0 Å². The molecular formula is C35H42N6O5. The summed E-state index contributed by atoms with van der Waals surface area (Å²) in [6.45, 7) is 7.90. The number of nitrogens with zero attached hydrogens (tertiary/aromatic N) is 5. The van der Waals surface area contributed by atoms with Crippen molar-refractivity contribution >= 4 is 29.1 Å². The van der Waals surface area contributed by atoms with Gasteiger partial charge in [0.15, 0.2) is 11.2 Å². The largest absolute Gasteiger partial charge is 0.467 e. The molecule has 2 saturated carbocycles. The third-order valence-electron chi connectivity index (χ3n) is 11.8. The molecule has 46 heavy (non-hydrogen) atoms. The molecule has 11 nitrogen and oxygen atoms in total. The van der Waals surface area contributed by atoms with Crippen LogP contribution in [0.4, 0.5) is 5.69 Å². The zero-order valence-corrected chi connectivity index (χ0v) is 26.9. The molecular weight excluding hydrogens is 584 g/mol. The fraction of sp³-hybridized carbons (Fsp3) is 0.571. The summed E-state index contributed by atoms with van der Waals surface area (Å²) < 4.78 is 12.7. The first-order chi connectivity index (χ1) is 22.0. The average Bonchev–Trinajstić information content (AvgIpc) is 3.67. The summed E-state index contributed by atoms with van der Waals surface area (Å²) in [7, 11) is 1.39. The highest BCUT2D eigenvalue weighted by molar-refractivity contribution is 5.91. The van der Waals surface area contributed by atoms with Crippen molar-refractivity contribution in [2.45, 2.75) is 75.9 Å². The molecule has 6 aliphatic rings. The molecule has 9 rings (SSSR count). The number of esters is 1. The van der Waals surface area contributed by atoms with E-state index < -0.39 is 11.0 Å². The molecule has 1 atom stereocenters. The van der Waals surface area contributed by atoms with Crippen LogP contribution in [-0.2, 0) is 24.5 Å². The molecule has 3 aromatic rings. The van der Waals surface area contributed by atoms with E-state index in [4.69, 9.17) is 9.47 Å². The predicted molar refractivity (Wildman–Crippen MR) is 169 cm³/mol. The first kappa shape index (κ1) is 29.4. The molecule has 6 fully saturated rings. The Morgan fingerprint density at radius 1 is 1.02 bits per heavy atom. The van der Waals surface area contributed by atoms with Crippen LogP contribution in [-0.4, -0.2) is 88.8 Å². The number of anilines is 1. The van der Waals surface area contributed by atoms with Crippen LogP contribution in [0.5, 0.6) is 0 Å². The number of ether oxygens (including phenoxy) is 2. The fourth-order valence-corrected chi connectivity index (χ4v) is 8.92. The number of aryl methyl sites for hydroxylation is 1. The molecule has 242 valence electrons. The van der Waals surface area contributed by atoms with Crippen LogP contribution >= 0.6 is 0 Å². The number of fused-ring (bicyclic) bond motifs is 4. The first-order valence-electron chi connectivity index (χ1n) is 16.6. The van der Waals surface area contributed by atoms with Crippen molar-refractivity contribution in [2.24, 2.45) is 10.8 Å². The van der Waals surface area contributed by atoms with E-state index in [9.17, 15) is 14.4 Å². The Balaban J connectivity index is 0.861. The minimum atomic E-state index is -0.873. The fourth-order valence-electron chi connectivity index (χ4n) is 8.92. The summed E-state index contributed by atoms with van der Waals surface area (Å²) in [6, 6.07) is 12.9. The summed E-state index contributed by atoms with van der Waals surface area (Å²) in [5.41, 5.74) is 2.86. The van der Waals surface area contributed by atoms with E-state index in [0.29, 0.717) is 44.4 Å². The second kappa shape index (κ2) is 10.3. The van der Waals surface area contributed by atoms with Gasteiger partial charge in [-0.15, -0.1) is 5.10 Å². The van der Waals surface area contributed by atoms with Gasteiger partial charge in [-0.25, -0.2) is 14.3 Å². The van der Waals surface area contributed by atoms with Crippen LogP contribution < -0.4 is 10.2 Å². The van der Waals surface area contributed by atoms with Gasteiger partial charge in [-0.05, 0) is 69.1 Å². The lowest BCUT2D eigenvalue weighted by Crippen LogP contribution is -2.70. The van der Waals surface area contributed by atoms with E-state index >= 15 is 0 Å². The Morgan fingerprint density at radius 3 is 2.43 bits per heavy atom. The number of pyridine rings is 1. The van der Waals surface area contributed by atoms with Gasteiger partial charge in [0.2, 0.25) is 11.7 Å². The first-order valence-corrected chi connectivity index (χ1v) is 16.6. The Morgan fingerprint density at radius 2 is 1.76 bits per heavy atom. The lowest BCUT2D eigenvalue weighted by molar-refractivity contribution is -0.218. The number of hydrogen-bond acceptors (Lipinski definition) is 8. The Hall–Kier alpha value is -3.99. The number of rotatable bonds is 6. The van der Waals surface area contributed by atoms with Crippen molar-refractivity contribution in [3.8, 4) is 0 Å². The van der Waals surface area contributed by atoms with Gasteiger partial charge in [0.25, 0.3) is 5.91 Å². The summed E-state index contributed by atoms with van der Waals surface area (Å²) in [5, 5.41) is 7.72. The Labute approximate surface area is 268 Å². The topological polar surface area (TPSA) is 118 Å². The molecule has 2 aromatic heterocycles. The number of aromatic nitrogens is 3. The van der Waals surface area contributed by atoms with Crippen molar-refractivity contribution in [1.82, 2.24) is 24.8 Å². The summed E-state index contributed by atoms with van der Waals surface area (Å²) >= 11 is 0.